The molecule has 1 atom stereocenters. The molecule has 0 saturated carbocycles. The molecule has 3 nitrogen and oxygen atoms in total. The minimum absolute atomic E-state index is 0.897. The van der Waals surface area contributed by atoms with Crippen molar-refractivity contribution in [3.63, 3.8) is 0 Å². The van der Waals surface area contributed by atoms with Crippen molar-refractivity contribution in [2.75, 3.05) is 0 Å². The molecule has 0 fully saturated rings. The van der Waals surface area contributed by atoms with Crippen LogP contribution in [0.1, 0.15) is 0 Å². The maximum atomic E-state index is 15.1. The van der Waals surface area contributed by atoms with E-state index in [-0.39, 0.29) is 0 Å². The van der Waals surface area contributed by atoms with Gasteiger partial charge in [0.1, 0.15) is 7.80 Å². The molecule has 48 heavy (non-hydrogen) atoms. The van der Waals surface area contributed by atoms with E-state index in [0.29, 0.717) is 0 Å². The molecule has 0 saturated heterocycles. The second-order valence-corrected chi connectivity index (χ2v) is 16.4. The standard InChI is InChI=1S/C42H25N2OPS2/c45-46(32-16-8-18-34-38(32)40-36(48-34)22-20-28-24-10-2-5-14-30(24)44-42(28)40)31-15-6-3-11-25(31)26-12-7-17-33-37(26)39-35(47-33)21-19-27-23-9-1-4-13-29(23)43-41(27)39/h1-22,43-44,46H. The van der Waals surface area contributed by atoms with Crippen LogP contribution < -0.4 is 10.6 Å². The summed E-state index contributed by atoms with van der Waals surface area (Å²) in [5.41, 5.74) is 6.70. The van der Waals surface area contributed by atoms with Crippen LogP contribution in [0.4, 0.5) is 0 Å². The minimum atomic E-state index is -2.43. The van der Waals surface area contributed by atoms with Gasteiger partial charge in [0.25, 0.3) is 0 Å². The third-order valence-electron chi connectivity index (χ3n) is 9.99. The summed E-state index contributed by atoms with van der Waals surface area (Å²) in [5.74, 6) is 0. The van der Waals surface area contributed by atoms with Gasteiger partial charge in [-0.15, -0.1) is 22.7 Å². The van der Waals surface area contributed by atoms with E-state index in [1.807, 2.05) is 17.4 Å². The van der Waals surface area contributed by atoms with Gasteiger partial charge < -0.3 is 14.5 Å². The molecule has 0 radical (unpaired) electrons. The molecule has 11 rings (SSSR count). The Bertz CT molecular complexity index is 3160. The highest BCUT2D eigenvalue weighted by Gasteiger charge is 2.22. The fraction of sp³-hybridized carbons (Fsp3) is 0. The van der Waals surface area contributed by atoms with Gasteiger partial charge in [0.15, 0.2) is 0 Å². The third kappa shape index (κ3) is 3.61. The third-order valence-corrected chi connectivity index (χ3v) is 14.1. The summed E-state index contributed by atoms with van der Waals surface area (Å²) in [4.78, 5) is 7.46. The van der Waals surface area contributed by atoms with Crippen molar-refractivity contribution in [3.05, 3.63) is 133 Å². The van der Waals surface area contributed by atoms with Crippen LogP contribution in [0.25, 0.3) is 95.1 Å². The number of benzene rings is 7. The van der Waals surface area contributed by atoms with Crippen LogP contribution in [0.15, 0.2) is 133 Å². The number of H-pyrrole nitrogens is 2. The molecular weight excluding hydrogens is 644 g/mol. The van der Waals surface area contributed by atoms with Crippen LogP contribution in [0.2, 0.25) is 0 Å². The monoisotopic (exact) mass is 668 g/mol. The second kappa shape index (κ2) is 9.91. The highest BCUT2D eigenvalue weighted by molar-refractivity contribution is 7.62. The van der Waals surface area contributed by atoms with Gasteiger partial charge in [-0.05, 0) is 47.5 Å². The molecule has 2 N–H and O–H groups in total. The lowest BCUT2D eigenvalue weighted by molar-refractivity contribution is 0.598. The van der Waals surface area contributed by atoms with E-state index in [1.54, 1.807) is 11.3 Å². The maximum absolute atomic E-state index is 15.1. The molecule has 226 valence electrons. The number of para-hydroxylation sites is 2. The number of nitrogens with one attached hydrogen (secondary N) is 2. The van der Waals surface area contributed by atoms with E-state index >= 15 is 4.57 Å². The topological polar surface area (TPSA) is 48.6 Å². The van der Waals surface area contributed by atoms with Crippen LogP contribution >= 0.6 is 30.5 Å². The first kappa shape index (κ1) is 26.8. The first-order valence-electron chi connectivity index (χ1n) is 16.1. The largest absolute Gasteiger partial charge is 0.354 e. The number of thiophene rings is 2. The summed E-state index contributed by atoms with van der Waals surface area (Å²) in [6.45, 7) is 0. The van der Waals surface area contributed by atoms with E-state index in [2.05, 4.69) is 137 Å². The smallest absolute Gasteiger partial charge is 0.133 e. The van der Waals surface area contributed by atoms with Crippen LogP contribution in [0.5, 0.6) is 0 Å². The summed E-state index contributed by atoms with van der Waals surface area (Å²) in [5, 5.41) is 11.4. The maximum Gasteiger partial charge on any atom is 0.133 e. The lowest BCUT2D eigenvalue weighted by Crippen LogP contribution is -2.10. The average Bonchev–Trinajstić information content (AvgIpc) is 3.90. The molecule has 7 aromatic carbocycles. The molecule has 6 heteroatoms. The van der Waals surface area contributed by atoms with E-state index in [9.17, 15) is 0 Å². The van der Waals surface area contributed by atoms with E-state index in [4.69, 9.17) is 0 Å². The number of fused-ring (bicyclic) bond motifs is 14. The highest BCUT2D eigenvalue weighted by atomic mass is 32.1. The van der Waals surface area contributed by atoms with Gasteiger partial charge in [0.2, 0.25) is 0 Å². The summed E-state index contributed by atoms with van der Waals surface area (Å²) in [6, 6.07) is 47.2. The van der Waals surface area contributed by atoms with Crippen molar-refractivity contribution < 1.29 is 4.57 Å². The first-order valence-corrected chi connectivity index (χ1v) is 19.1. The van der Waals surface area contributed by atoms with Gasteiger partial charge in [0, 0.05) is 83.5 Å². The Morgan fingerprint density at radius 3 is 1.58 bits per heavy atom. The van der Waals surface area contributed by atoms with Crippen molar-refractivity contribution in [2.45, 2.75) is 0 Å². The van der Waals surface area contributed by atoms with Gasteiger partial charge in [-0.25, -0.2) is 0 Å². The molecule has 4 heterocycles. The van der Waals surface area contributed by atoms with Crippen molar-refractivity contribution in [3.8, 4) is 11.1 Å². The Hall–Kier alpha value is -5.19. The number of aromatic amines is 2. The Morgan fingerprint density at radius 1 is 0.396 bits per heavy atom. The zero-order chi connectivity index (χ0) is 31.5. The molecule has 0 amide bonds. The van der Waals surface area contributed by atoms with Gasteiger partial charge >= 0.3 is 0 Å². The average molecular weight is 669 g/mol. The molecule has 0 aliphatic heterocycles. The van der Waals surface area contributed by atoms with E-state index < -0.39 is 7.80 Å². The summed E-state index contributed by atoms with van der Waals surface area (Å²) < 4.78 is 20.0. The Kier molecular flexibility index (Phi) is 5.54. The first-order chi connectivity index (χ1) is 23.7. The number of rotatable bonds is 3. The van der Waals surface area contributed by atoms with Gasteiger partial charge in [-0.3, -0.25) is 0 Å². The SMILES string of the molecule is O=[PH](c1ccccc1-c1cccc2sc3ccc4c5ccccc5[nH]c4c3c12)c1cccc2sc3ccc4c5ccccc5[nH]c4c3c12. The van der Waals surface area contributed by atoms with Gasteiger partial charge in [0.05, 0.1) is 11.0 Å². The van der Waals surface area contributed by atoms with E-state index in [1.165, 1.54) is 51.8 Å². The lowest BCUT2D eigenvalue weighted by Gasteiger charge is -2.13. The fourth-order valence-corrected chi connectivity index (χ4v) is 12.0. The predicted molar refractivity (Wildman–Crippen MR) is 211 cm³/mol. The van der Waals surface area contributed by atoms with Gasteiger partial charge in [-0.1, -0.05) is 97.1 Å². The molecule has 4 aromatic heterocycles. The van der Waals surface area contributed by atoms with Crippen LogP contribution in [-0.2, 0) is 4.57 Å². The number of hydrogen-bond acceptors (Lipinski definition) is 3. The molecule has 0 aliphatic carbocycles. The Balaban J connectivity index is 1.18. The van der Waals surface area contributed by atoms with Crippen LogP contribution in [-0.4, -0.2) is 9.97 Å². The summed E-state index contributed by atoms with van der Waals surface area (Å²) >= 11 is 3.60. The Morgan fingerprint density at radius 2 is 0.896 bits per heavy atom. The predicted octanol–water partition coefficient (Wildman–Crippen LogP) is 11.9. The van der Waals surface area contributed by atoms with E-state index in [0.717, 1.165) is 53.9 Å². The second-order valence-electron chi connectivity index (χ2n) is 12.5. The molecule has 0 spiro atoms. The highest BCUT2D eigenvalue weighted by Crippen LogP contribution is 2.46. The number of aromatic nitrogens is 2. The lowest BCUT2D eigenvalue weighted by atomic mass is 9.98. The molecule has 1 unspecified atom stereocenters. The molecule has 11 aromatic rings. The zero-order valence-electron chi connectivity index (χ0n) is 25.4. The van der Waals surface area contributed by atoms with Crippen LogP contribution in [0.3, 0.4) is 0 Å². The normalized spacial score (nSPS) is 13.0. The molecule has 0 bridgehead atoms. The number of hydrogen-bond donors (Lipinski definition) is 2. The van der Waals surface area contributed by atoms with Gasteiger partial charge in [-0.2, -0.15) is 0 Å². The van der Waals surface area contributed by atoms with Crippen molar-refractivity contribution in [1.29, 1.82) is 0 Å². The minimum Gasteiger partial charge on any atom is -0.354 e. The van der Waals surface area contributed by atoms with Crippen molar-refractivity contribution in [1.82, 2.24) is 9.97 Å². The van der Waals surface area contributed by atoms with Crippen molar-refractivity contribution in [2.24, 2.45) is 0 Å². The molecule has 0 aliphatic rings. The summed E-state index contributed by atoms with van der Waals surface area (Å²) in [7, 11) is -2.43. The van der Waals surface area contributed by atoms with Crippen molar-refractivity contribution >= 4 is 125 Å². The fourth-order valence-electron chi connectivity index (χ4n) is 7.93. The Labute approximate surface area is 282 Å². The van der Waals surface area contributed by atoms with Crippen LogP contribution in [0, 0.1) is 0 Å². The molecular formula is C42H25N2OPS2. The quantitative estimate of drug-likeness (QED) is 0.181. The summed E-state index contributed by atoms with van der Waals surface area (Å²) in [6.07, 6.45) is 0. The zero-order valence-corrected chi connectivity index (χ0v) is 28.1.